The normalized spacial score (nSPS) is 16.5. The van der Waals surface area contributed by atoms with Gasteiger partial charge in [-0.1, -0.05) is 36.4 Å². The maximum absolute atomic E-state index is 14.7. The zero-order chi connectivity index (χ0) is 18.4. The summed E-state index contributed by atoms with van der Waals surface area (Å²) in [6, 6.07) is 14.2. The Morgan fingerprint density at radius 1 is 1.19 bits per heavy atom. The number of hydrogen-bond donors (Lipinski definition) is 1. The number of amides is 1. The lowest BCUT2D eigenvalue weighted by molar-refractivity contribution is 0.0684. The molecule has 1 atom stereocenters. The Labute approximate surface area is 159 Å². The van der Waals surface area contributed by atoms with Crippen molar-refractivity contribution in [1.29, 1.82) is 0 Å². The van der Waals surface area contributed by atoms with Gasteiger partial charge in [0.25, 0.3) is 5.91 Å². The van der Waals surface area contributed by atoms with Gasteiger partial charge in [-0.3, -0.25) is 4.79 Å². The number of nitrogens with zero attached hydrogens (tertiary/aromatic N) is 2. The number of halogens is 1. The second-order valence-electron chi connectivity index (χ2n) is 6.61. The van der Waals surface area contributed by atoms with Crippen molar-refractivity contribution < 1.29 is 9.18 Å². The molecule has 2 aromatic heterocycles. The number of aromatic nitrogens is 2. The summed E-state index contributed by atoms with van der Waals surface area (Å²) in [5.74, 6) is -0.487. The van der Waals surface area contributed by atoms with Crippen LogP contribution in [0.2, 0.25) is 0 Å². The number of aromatic amines is 1. The predicted octanol–water partition coefficient (Wildman–Crippen LogP) is 4.55. The Hall–Kier alpha value is -2.99. The highest BCUT2D eigenvalue weighted by Crippen LogP contribution is 2.39. The molecular weight excluding hydrogens is 361 g/mol. The molecule has 0 aliphatic carbocycles. The Morgan fingerprint density at radius 2 is 2.00 bits per heavy atom. The first-order valence-corrected chi connectivity index (χ1v) is 9.71. The third-order valence-electron chi connectivity index (χ3n) is 5.15. The van der Waals surface area contributed by atoms with Gasteiger partial charge < -0.3 is 9.88 Å². The molecule has 1 aliphatic heterocycles. The van der Waals surface area contributed by atoms with E-state index in [9.17, 15) is 9.18 Å². The topological polar surface area (TPSA) is 49.0 Å². The number of H-pyrrole nitrogens is 1. The van der Waals surface area contributed by atoms with Crippen molar-refractivity contribution >= 4 is 28.1 Å². The molecule has 0 saturated carbocycles. The third kappa shape index (κ3) is 2.56. The summed E-state index contributed by atoms with van der Waals surface area (Å²) < 4.78 is 14.7. The van der Waals surface area contributed by atoms with Gasteiger partial charge in [0.2, 0.25) is 0 Å². The van der Waals surface area contributed by atoms with Gasteiger partial charge >= 0.3 is 0 Å². The van der Waals surface area contributed by atoms with Crippen LogP contribution >= 0.6 is 11.3 Å². The van der Waals surface area contributed by atoms with E-state index in [0.717, 1.165) is 28.6 Å². The SMILES string of the molecule is O=C(c1cscn1)N1CCc2c([nH]c3ccccc23)C1c1ccccc1F. The molecule has 27 heavy (non-hydrogen) atoms. The highest BCUT2D eigenvalue weighted by atomic mass is 32.1. The number of hydrogen-bond acceptors (Lipinski definition) is 3. The van der Waals surface area contributed by atoms with Gasteiger partial charge in [0.1, 0.15) is 17.6 Å². The van der Waals surface area contributed by atoms with Crippen molar-refractivity contribution in [2.75, 3.05) is 6.54 Å². The van der Waals surface area contributed by atoms with Crippen LogP contribution in [0.3, 0.4) is 0 Å². The largest absolute Gasteiger partial charge is 0.356 e. The predicted molar refractivity (Wildman–Crippen MR) is 103 cm³/mol. The molecule has 3 heterocycles. The summed E-state index contributed by atoms with van der Waals surface area (Å²) in [5, 5.41) is 2.87. The summed E-state index contributed by atoms with van der Waals surface area (Å²) in [4.78, 5) is 22.4. The maximum Gasteiger partial charge on any atom is 0.274 e. The number of fused-ring (bicyclic) bond motifs is 3. The number of carbonyl (C=O) groups excluding carboxylic acids is 1. The van der Waals surface area contributed by atoms with Crippen molar-refractivity contribution in [1.82, 2.24) is 14.9 Å². The molecule has 0 radical (unpaired) electrons. The van der Waals surface area contributed by atoms with Crippen molar-refractivity contribution in [2.24, 2.45) is 0 Å². The van der Waals surface area contributed by atoms with Crippen LogP contribution in [0.5, 0.6) is 0 Å². The van der Waals surface area contributed by atoms with Crippen molar-refractivity contribution in [3.05, 3.63) is 87.8 Å². The van der Waals surface area contributed by atoms with Crippen molar-refractivity contribution in [3.63, 3.8) is 0 Å². The van der Waals surface area contributed by atoms with E-state index in [4.69, 9.17) is 0 Å². The molecule has 1 amide bonds. The average Bonchev–Trinajstić information content (AvgIpc) is 3.35. The van der Waals surface area contributed by atoms with E-state index in [0.29, 0.717) is 17.8 Å². The van der Waals surface area contributed by atoms with Crippen molar-refractivity contribution in [2.45, 2.75) is 12.5 Å². The summed E-state index contributed by atoms with van der Waals surface area (Å²) in [7, 11) is 0. The monoisotopic (exact) mass is 377 g/mol. The number of benzene rings is 2. The number of rotatable bonds is 2. The lowest BCUT2D eigenvalue weighted by Crippen LogP contribution is -2.41. The van der Waals surface area contributed by atoms with Gasteiger partial charge in [0.15, 0.2) is 0 Å². The molecular formula is C21H16FN3OS. The molecule has 4 nitrogen and oxygen atoms in total. The van der Waals surface area contributed by atoms with Gasteiger partial charge in [0.05, 0.1) is 5.51 Å². The van der Waals surface area contributed by atoms with E-state index in [1.807, 2.05) is 18.2 Å². The van der Waals surface area contributed by atoms with Gasteiger partial charge in [-0.2, -0.15) is 0 Å². The van der Waals surface area contributed by atoms with Crippen LogP contribution in [0.1, 0.15) is 33.4 Å². The smallest absolute Gasteiger partial charge is 0.274 e. The second kappa shape index (κ2) is 6.32. The van der Waals surface area contributed by atoms with Crippen LogP contribution < -0.4 is 0 Å². The van der Waals surface area contributed by atoms with Crippen LogP contribution in [0.25, 0.3) is 10.9 Å². The molecule has 134 valence electrons. The third-order valence-corrected chi connectivity index (χ3v) is 5.73. The average molecular weight is 377 g/mol. The molecule has 0 bridgehead atoms. The summed E-state index contributed by atoms with van der Waals surface area (Å²) >= 11 is 1.38. The minimum atomic E-state index is -0.503. The standard InChI is InChI=1S/C21H16FN3OS/c22-16-7-3-1-6-15(16)20-19-14(13-5-2-4-8-17(13)24-19)9-10-25(20)21(26)18-11-27-12-23-18/h1-8,11-12,20,24H,9-10H2. The van der Waals surface area contributed by atoms with Crippen LogP contribution in [-0.2, 0) is 6.42 Å². The first-order chi connectivity index (χ1) is 13.2. The highest BCUT2D eigenvalue weighted by molar-refractivity contribution is 7.07. The fourth-order valence-corrected chi connectivity index (χ4v) is 4.47. The lowest BCUT2D eigenvalue weighted by Gasteiger charge is -2.36. The van der Waals surface area contributed by atoms with Crippen molar-refractivity contribution in [3.8, 4) is 0 Å². The first kappa shape index (κ1) is 16.2. The maximum atomic E-state index is 14.7. The molecule has 6 heteroatoms. The van der Waals surface area contributed by atoms with Gasteiger partial charge in [0, 0.05) is 34.1 Å². The molecule has 0 fully saturated rings. The summed E-state index contributed by atoms with van der Waals surface area (Å²) in [5.41, 5.74) is 5.59. The van der Waals surface area contributed by atoms with E-state index in [-0.39, 0.29) is 11.7 Å². The summed E-state index contributed by atoms with van der Waals surface area (Å²) in [6.07, 6.45) is 0.722. The van der Waals surface area contributed by atoms with Gasteiger partial charge in [-0.15, -0.1) is 11.3 Å². The van der Waals surface area contributed by atoms with E-state index < -0.39 is 6.04 Å². The van der Waals surface area contributed by atoms with Gasteiger partial charge in [-0.05, 0) is 24.1 Å². The summed E-state index contributed by atoms with van der Waals surface area (Å²) in [6.45, 7) is 0.518. The first-order valence-electron chi connectivity index (χ1n) is 8.77. The Bertz CT molecular complexity index is 1140. The molecule has 5 rings (SSSR count). The minimum absolute atomic E-state index is 0.172. The number of carbonyl (C=O) groups is 1. The zero-order valence-electron chi connectivity index (χ0n) is 14.4. The van der Waals surface area contributed by atoms with E-state index in [2.05, 4.69) is 16.0 Å². The molecule has 1 unspecified atom stereocenters. The number of para-hydroxylation sites is 1. The quantitative estimate of drug-likeness (QED) is 0.557. The minimum Gasteiger partial charge on any atom is -0.356 e. The number of thiazole rings is 1. The molecule has 0 spiro atoms. The lowest BCUT2D eigenvalue weighted by atomic mass is 9.92. The fraction of sp³-hybridized carbons (Fsp3) is 0.143. The molecule has 4 aromatic rings. The Balaban J connectivity index is 1.71. The zero-order valence-corrected chi connectivity index (χ0v) is 15.2. The van der Waals surface area contributed by atoms with Crippen LogP contribution in [0, 0.1) is 5.82 Å². The van der Waals surface area contributed by atoms with Gasteiger partial charge in [-0.25, -0.2) is 9.37 Å². The molecule has 1 aliphatic rings. The van der Waals surface area contributed by atoms with Crippen LogP contribution in [0.4, 0.5) is 4.39 Å². The molecule has 1 N–H and O–H groups in total. The number of nitrogens with one attached hydrogen (secondary N) is 1. The van der Waals surface area contributed by atoms with E-state index >= 15 is 0 Å². The molecule has 2 aromatic carbocycles. The van der Waals surface area contributed by atoms with E-state index in [1.165, 1.54) is 17.4 Å². The fourth-order valence-electron chi connectivity index (χ4n) is 3.95. The van der Waals surface area contributed by atoms with Crippen LogP contribution in [0.15, 0.2) is 59.4 Å². The Morgan fingerprint density at radius 3 is 2.81 bits per heavy atom. The van der Waals surface area contributed by atoms with E-state index in [1.54, 1.807) is 34.0 Å². The molecule has 0 saturated heterocycles. The van der Waals surface area contributed by atoms with Crippen LogP contribution in [-0.4, -0.2) is 27.3 Å². The highest BCUT2D eigenvalue weighted by Gasteiger charge is 2.36. The second-order valence-corrected chi connectivity index (χ2v) is 7.33. The Kier molecular flexibility index (Phi) is 3.79.